The Morgan fingerprint density at radius 2 is 1.33 bits per heavy atom. The van der Waals surface area contributed by atoms with Crippen molar-refractivity contribution in [2.24, 2.45) is 0 Å². The number of esters is 2. The number of nitrogens with one attached hydrogen (secondary N) is 2. The third kappa shape index (κ3) is 3.86. The Bertz CT molecular complexity index is 570. The second-order valence-electron chi connectivity index (χ2n) is 3.67. The van der Waals surface area contributed by atoms with Crippen molar-refractivity contribution in [3.8, 4) is 0 Å². The van der Waals surface area contributed by atoms with E-state index >= 15 is 0 Å². The predicted molar refractivity (Wildman–Crippen MR) is 73.8 cm³/mol. The minimum absolute atomic E-state index is 0. The maximum Gasteiger partial charge on any atom is 0.358 e. The first-order chi connectivity index (χ1) is 9.59. The van der Waals surface area contributed by atoms with Crippen LogP contribution in [0.3, 0.4) is 0 Å². The molecule has 10 nitrogen and oxygen atoms in total. The number of anilines is 2. The fourth-order valence-electron chi connectivity index (χ4n) is 1.33. The molecular weight excluding hydrogens is 304 g/mol. The second kappa shape index (κ2) is 7.14. The van der Waals surface area contributed by atoms with Crippen LogP contribution in [-0.4, -0.2) is 45.5 Å². The van der Waals surface area contributed by atoms with Crippen molar-refractivity contribution in [1.82, 2.24) is 20.4 Å². The number of aromatic nitrogens is 4. The van der Waals surface area contributed by atoms with Gasteiger partial charge in [-0.3, -0.25) is 10.2 Å². The van der Waals surface area contributed by atoms with Crippen LogP contribution in [0.1, 0.15) is 21.0 Å². The van der Waals surface area contributed by atoms with E-state index < -0.39 is 11.9 Å². The molecule has 0 atom stereocenters. The highest BCUT2D eigenvalue weighted by Crippen LogP contribution is 2.08. The summed E-state index contributed by atoms with van der Waals surface area (Å²) in [6, 6.07) is 0. The molecule has 2 aromatic heterocycles. The summed E-state index contributed by atoms with van der Waals surface area (Å²) in [5.41, 5.74) is 11.4. The van der Waals surface area contributed by atoms with Crippen molar-refractivity contribution in [1.29, 1.82) is 0 Å². The number of rotatable bonds is 5. The van der Waals surface area contributed by atoms with E-state index in [1.807, 2.05) is 0 Å². The van der Waals surface area contributed by atoms with E-state index in [9.17, 15) is 9.59 Å². The SMILES string of the molecule is Cl.Nc1cn[nH]c1C(=O)OCCOC(=O)c1[nH]ncc1N. The summed E-state index contributed by atoms with van der Waals surface area (Å²) in [6.07, 6.45) is 2.58. The summed E-state index contributed by atoms with van der Waals surface area (Å²) in [7, 11) is 0. The van der Waals surface area contributed by atoms with Crippen LogP contribution in [0.15, 0.2) is 12.4 Å². The number of nitrogen functional groups attached to an aromatic ring is 2. The Morgan fingerprint density at radius 3 is 1.62 bits per heavy atom. The molecule has 2 rings (SSSR count). The topological polar surface area (TPSA) is 162 Å². The Morgan fingerprint density at radius 1 is 0.952 bits per heavy atom. The number of carbonyl (C=O) groups is 2. The molecule has 0 fully saturated rings. The third-order valence-corrected chi connectivity index (χ3v) is 2.30. The van der Waals surface area contributed by atoms with Crippen LogP contribution in [-0.2, 0) is 9.47 Å². The van der Waals surface area contributed by atoms with Crippen molar-refractivity contribution in [3.05, 3.63) is 23.8 Å². The van der Waals surface area contributed by atoms with Gasteiger partial charge in [0.05, 0.1) is 23.8 Å². The number of nitrogens with two attached hydrogens (primary N) is 2. The highest BCUT2D eigenvalue weighted by Gasteiger charge is 2.15. The lowest BCUT2D eigenvalue weighted by atomic mass is 10.4. The fraction of sp³-hybridized carbons (Fsp3) is 0.200. The quantitative estimate of drug-likeness (QED) is 0.433. The van der Waals surface area contributed by atoms with Gasteiger partial charge in [-0.1, -0.05) is 0 Å². The number of halogens is 1. The summed E-state index contributed by atoms with van der Waals surface area (Å²) < 4.78 is 9.68. The van der Waals surface area contributed by atoms with E-state index in [4.69, 9.17) is 20.9 Å². The highest BCUT2D eigenvalue weighted by molar-refractivity contribution is 5.93. The first kappa shape index (κ1) is 16.3. The van der Waals surface area contributed by atoms with Gasteiger partial charge in [-0.15, -0.1) is 12.4 Å². The lowest BCUT2D eigenvalue weighted by Crippen LogP contribution is -2.16. The van der Waals surface area contributed by atoms with Crippen molar-refractivity contribution in [2.45, 2.75) is 0 Å². The van der Waals surface area contributed by atoms with E-state index in [0.29, 0.717) is 0 Å². The van der Waals surface area contributed by atoms with Gasteiger partial charge in [-0.2, -0.15) is 10.2 Å². The van der Waals surface area contributed by atoms with Crippen LogP contribution in [0.5, 0.6) is 0 Å². The second-order valence-corrected chi connectivity index (χ2v) is 3.67. The lowest BCUT2D eigenvalue weighted by molar-refractivity contribution is 0.0260. The first-order valence-corrected chi connectivity index (χ1v) is 5.51. The van der Waals surface area contributed by atoms with Gasteiger partial charge in [0.2, 0.25) is 0 Å². The molecule has 0 bridgehead atoms. The van der Waals surface area contributed by atoms with Crippen LogP contribution in [0.4, 0.5) is 11.4 Å². The molecule has 2 heterocycles. The van der Waals surface area contributed by atoms with E-state index in [-0.39, 0.29) is 48.4 Å². The maximum atomic E-state index is 11.5. The summed E-state index contributed by atoms with van der Waals surface area (Å²) in [5.74, 6) is -1.37. The number of hydrogen-bond donors (Lipinski definition) is 4. The van der Waals surface area contributed by atoms with Gasteiger partial charge in [-0.05, 0) is 0 Å². The molecule has 6 N–H and O–H groups in total. The third-order valence-electron chi connectivity index (χ3n) is 2.30. The van der Waals surface area contributed by atoms with E-state index in [2.05, 4.69) is 20.4 Å². The Balaban J connectivity index is 0.00000220. The summed E-state index contributed by atoms with van der Waals surface area (Å²) in [5, 5.41) is 12.0. The van der Waals surface area contributed by atoms with Crippen LogP contribution < -0.4 is 11.5 Å². The summed E-state index contributed by atoms with van der Waals surface area (Å²) in [6.45, 7) is -0.256. The molecule has 0 spiro atoms. The van der Waals surface area contributed by atoms with Gasteiger partial charge < -0.3 is 20.9 Å². The molecular formula is C10H13ClN6O4. The number of aromatic amines is 2. The molecule has 114 valence electrons. The van der Waals surface area contributed by atoms with Crippen molar-refractivity contribution in [3.63, 3.8) is 0 Å². The van der Waals surface area contributed by atoms with Gasteiger partial charge in [0.1, 0.15) is 13.2 Å². The number of ether oxygens (including phenoxy) is 2. The van der Waals surface area contributed by atoms with Crippen LogP contribution in [0, 0.1) is 0 Å². The standard InChI is InChI=1S/C10H12N6O4.ClH/c11-5-3-13-15-7(5)9(17)19-1-2-20-10(18)8-6(12)4-14-16-8;/h3-4H,1-2,11-12H2,(H,13,15)(H,14,16);1H. The molecule has 0 aliphatic carbocycles. The maximum absolute atomic E-state index is 11.5. The van der Waals surface area contributed by atoms with Crippen molar-refractivity contribution >= 4 is 35.7 Å². The van der Waals surface area contributed by atoms with Crippen molar-refractivity contribution in [2.75, 3.05) is 24.7 Å². The largest absolute Gasteiger partial charge is 0.457 e. The van der Waals surface area contributed by atoms with E-state index in [1.165, 1.54) is 12.4 Å². The molecule has 21 heavy (non-hydrogen) atoms. The molecule has 0 unspecified atom stereocenters. The van der Waals surface area contributed by atoms with Gasteiger partial charge in [0.25, 0.3) is 0 Å². The molecule has 0 radical (unpaired) electrons. The smallest absolute Gasteiger partial charge is 0.358 e. The Kier molecular flexibility index (Phi) is 5.55. The van der Waals surface area contributed by atoms with Crippen molar-refractivity contribution < 1.29 is 19.1 Å². The predicted octanol–water partition coefficient (Wildman–Crippen LogP) is -0.267. The highest BCUT2D eigenvalue weighted by atomic mass is 35.5. The van der Waals surface area contributed by atoms with Crippen LogP contribution in [0.25, 0.3) is 0 Å². The van der Waals surface area contributed by atoms with E-state index in [0.717, 1.165) is 0 Å². The number of nitrogens with zero attached hydrogens (tertiary/aromatic N) is 2. The normalized spacial score (nSPS) is 9.71. The van der Waals surface area contributed by atoms with Crippen LogP contribution in [0.2, 0.25) is 0 Å². The van der Waals surface area contributed by atoms with Crippen LogP contribution >= 0.6 is 12.4 Å². The Labute approximate surface area is 124 Å². The first-order valence-electron chi connectivity index (χ1n) is 5.51. The summed E-state index contributed by atoms with van der Waals surface area (Å²) >= 11 is 0. The number of carbonyl (C=O) groups excluding carboxylic acids is 2. The monoisotopic (exact) mass is 316 g/mol. The molecule has 0 saturated carbocycles. The molecule has 0 aliphatic heterocycles. The number of H-pyrrole nitrogens is 2. The average Bonchev–Trinajstić information content (AvgIpc) is 3.02. The fourth-order valence-corrected chi connectivity index (χ4v) is 1.33. The Hall–Kier alpha value is -2.75. The zero-order valence-corrected chi connectivity index (χ0v) is 11.5. The van der Waals surface area contributed by atoms with Gasteiger partial charge in [0, 0.05) is 0 Å². The molecule has 0 saturated heterocycles. The van der Waals surface area contributed by atoms with Gasteiger partial charge in [-0.25, -0.2) is 9.59 Å². The van der Waals surface area contributed by atoms with Gasteiger partial charge >= 0.3 is 11.9 Å². The van der Waals surface area contributed by atoms with Gasteiger partial charge in [0.15, 0.2) is 11.4 Å². The average molecular weight is 317 g/mol. The number of hydrogen-bond acceptors (Lipinski definition) is 8. The molecule has 0 aromatic carbocycles. The summed E-state index contributed by atoms with van der Waals surface area (Å²) in [4.78, 5) is 23.0. The minimum atomic E-state index is -0.683. The van der Waals surface area contributed by atoms with E-state index in [1.54, 1.807) is 0 Å². The molecule has 11 heteroatoms. The zero-order valence-electron chi connectivity index (χ0n) is 10.7. The molecule has 0 aliphatic rings. The molecule has 0 amide bonds. The lowest BCUT2D eigenvalue weighted by Gasteiger charge is -2.05. The minimum Gasteiger partial charge on any atom is -0.457 e. The zero-order chi connectivity index (χ0) is 14.5. The molecule has 2 aromatic rings.